The molecule has 7 heteroatoms. The van der Waals surface area contributed by atoms with E-state index in [1.54, 1.807) is 6.20 Å². The third-order valence-electron chi connectivity index (χ3n) is 2.72. The molecule has 1 aliphatic rings. The van der Waals surface area contributed by atoms with Crippen molar-refractivity contribution in [3.63, 3.8) is 0 Å². The van der Waals surface area contributed by atoms with Crippen LogP contribution in [0.4, 0.5) is 5.69 Å². The van der Waals surface area contributed by atoms with E-state index in [4.69, 9.17) is 11.6 Å². The molecule has 1 fully saturated rings. The van der Waals surface area contributed by atoms with E-state index in [9.17, 15) is 8.42 Å². The predicted molar refractivity (Wildman–Crippen MR) is 72.2 cm³/mol. The van der Waals surface area contributed by atoms with Crippen molar-refractivity contribution in [2.24, 2.45) is 0 Å². The summed E-state index contributed by atoms with van der Waals surface area (Å²) in [5.41, 5.74) is 0.741. The Hall–Kier alpha value is -0.330. The normalized spacial score (nSPS) is 20.1. The number of pyridine rings is 1. The van der Waals surface area contributed by atoms with E-state index >= 15 is 0 Å². The van der Waals surface area contributed by atoms with E-state index in [0.29, 0.717) is 18.0 Å². The van der Waals surface area contributed by atoms with Gasteiger partial charge in [0, 0.05) is 16.7 Å². The first-order valence-electron chi connectivity index (χ1n) is 5.24. The fourth-order valence-electron chi connectivity index (χ4n) is 1.78. The molecule has 1 aliphatic heterocycles. The molecule has 0 aliphatic carbocycles. The molecule has 2 heterocycles. The van der Waals surface area contributed by atoms with Crippen molar-refractivity contribution < 1.29 is 8.42 Å². The molecule has 2 rings (SSSR count). The summed E-state index contributed by atoms with van der Waals surface area (Å²) in [6.07, 6.45) is 2.86. The largest absolute Gasteiger partial charge is 0.380 e. The number of anilines is 1. The Morgan fingerprint density at radius 1 is 1.41 bits per heavy atom. The molecule has 0 spiro atoms. The lowest BCUT2D eigenvalue weighted by Crippen LogP contribution is -2.32. The molecule has 17 heavy (non-hydrogen) atoms. The Bertz CT molecular complexity index is 507. The number of hydrogen-bond acceptors (Lipinski definition) is 4. The summed E-state index contributed by atoms with van der Waals surface area (Å²) in [7, 11) is -2.82. The second-order valence-corrected chi connectivity index (χ2v) is 7.64. The highest BCUT2D eigenvalue weighted by molar-refractivity contribution is 9.10. The number of halogens is 2. The lowest BCUT2D eigenvalue weighted by molar-refractivity contribution is 0.559. The molecular formula is C10H12BrClN2O2S. The summed E-state index contributed by atoms with van der Waals surface area (Å²) in [6.45, 7) is 0. The summed E-state index contributed by atoms with van der Waals surface area (Å²) in [4.78, 5) is 4.01. The zero-order valence-corrected chi connectivity index (χ0v) is 12.1. The van der Waals surface area contributed by atoms with Crippen LogP contribution in [0.1, 0.15) is 12.8 Å². The number of rotatable bonds is 2. The topological polar surface area (TPSA) is 59.1 Å². The number of nitrogens with one attached hydrogen (secondary N) is 1. The molecular weight excluding hydrogens is 328 g/mol. The van der Waals surface area contributed by atoms with Crippen LogP contribution in [0.3, 0.4) is 0 Å². The van der Waals surface area contributed by atoms with E-state index in [1.807, 2.05) is 6.07 Å². The highest BCUT2D eigenvalue weighted by atomic mass is 79.9. The van der Waals surface area contributed by atoms with Crippen LogP contribution < -0.4 is 5.32 Å². The maximum atomic E-state index is 11.3. The van der Waals surface area contributed by atoms with Crippen LogP contribution in [-0.2, 0) is 9.84 Å². The highest BCUT2D eigenvalue weighted by Gasteiger charge is 2.23. The average Bonchev–Trinajstić information content (AvgIpc) is 2.26. The first-order valence-corrected chi connectivity index (χ1v) is 8.23. The molecule has 4 nitrogen and oxygen atoms in total. The fraction of sp³-hybridized carbons (Fsp3) is 0.500. The van der Waals surface area contributed by atoms with Crippen LogP contribution in [0.2, 0.25) is 5.15 Å². The Labute approximate surface area is 114 Å². The smallest absolute Gasteiger partial charge is 0.152 e. The van der Waals surface area contributed by atoms with Crippen molar-refractivity contribution >= 4 is 43.1 Å². The summed E-state index contributed by atoms with van der Waals surface area (Å²) in [6, 6.07) is 1.99. The maximum absolute atomic E-state index is 11.3. The van der Waals surface area contributed by atoms with E-state index < -0.39 is 9.84 Å². The molecule has 1 saturated heterocycles. The van der Waals surface area contributed by atoms with Crippen LogP contribution in [-0.4, -0.2) is 30.9 Å². The molecule has 0 bridgehead atoms. The summed E-state index contributed by atoms with van der Waals surface area (Å²) < 4.78 is 23.4. The average molecular weight is 340 g/mol. The van der Waals surface area contributed by atoms with E-state index in [1.165, 1.54) is 0 Å². The van der Waals surface area contributed by atoms with Gasteiger partial charge in [-0.1, -0.05) is 11.6 Å². The molecule has 1 aromatic rings. The molecule has 0 saturated carbocycles. The fourth-order valence-corrected chi connectivity index (χ4v) is 3.76. The second-order valence-electron chi connectivity index (χ2n) is 4.06. The highest BCUT2D eigenvalue weighted by Crippen LogP contribution is 2.25. The minimum absolute atomic E-state index is 0.145. The predicted octanol–water partition coefficient (Wildman–Crippen LogP) is 2.49. The maximum Gasteiger partial charge on any atom is 0.152 e. The van der Waals surface area contributed by atoms with Crippen molar-refractivity contribution in [2.45, 2.75) is 18.9 Å². The van der Waals surface area contributed by atoms with Crippen molar-refractivity contribution in [1.29, 1.82) is 0 Å². The lowest BCUT2D eigenvalue weighted by atomic mass is 10.1. The zero-order chi connectivity index (χ0) is 12.5. The van der Waals surface area contributed by atoms with Gasteiger partial charge in [-0.05, 0) is 34.8 Å². The van der Waals surface area contributed by atoms with E-state index in [-0.39, 0.29) is 17.5 Å². The van der Waals surface area contributed by atoms with E-state index in [2.05, 4.69) is 26.2 Å². The summed E-state index contributed by atoms with van der Waals surface area (Å²) >= 11 is 9.28. The molecule has 1 aromatic heterocycles. The number of aromatic nitrogens is 1. The van der Waals surface area contributed by atoms with Crippen molar-refractivity contribution in [3.8, 4) is 0 Å². The van der Waals surface area contributed by atoms with Gasteiger partial charge in [0.15, 0.2) is 5.15 Å². The number of nitrogens with zero attached hydrogens (tertiary/aromatic N) is 1. The SMILES string of the molecule is O=S1(=O)CCC(Nc2cc(Br)cnc2Cl)CC1. The molecule has 0 radical (unpaired) electrons. The van der Waals surface area contributed by atoms with Crippen LogP contribution >= 0.6 is 27.5 Å². The molecule has 94 valence electrons. The quantitative estimate of drug-likeness (QED) is 0.841. The van der Waals surface area contributed by atoms with Gasteiger partial charge in [-0.25, -0.2) is 13.4 Å². The lowest BCUT2D eigenvalue weighted by Gasteiger charge is -2.24. The third kappa shape index (κ3) is 3.56. The van der Waals surface area contributed by atoms with Crippen molar-refractivity contribution in [2.75, 3.05) is 16.8 Å². The summed E-state index contributed by atoms with van der Waals surface area (Å²) in [5, 5.41) is 3.64. The van der Waals surface area contributed by atoms with Gasteiger partial charge >= 0.3 is 0 Å². The molecule has 0 unspecified atom stereocenters. The first kappa shape index (κ1) is 13.1. The van der Waals surface area contributed by atoms with Gasteiger partial charge in [-0.3, -0.25) is 0 Å². The summed E-state index contributed by atoms with van der Waals surface area (Å²) in [5.74, 6) is 0.480. The van der Waals surface area contributed by atoms with Gasteiger partial charge in [-0.15, -0.1) is 0 Å². The van der Waals surface area contributed by atoms with Crippen LogP contribution in [0.25, 0.3) is 0 Å². The van der Waals surface area contributed by atoms with Crippen LogP contribution in [0, 0.1) is 0 Å². The Balaban J connectivity index is 2.05. The zero-order valence-electron chi connectivity index (χ0n) is 8.99. The van der Waals surface area contributed by atoms with Gasteiger partial charge in [0.05, 0.1) is 17.2 Å². The molecule has 0 amide bonds. The molecule has 1 N–H and O–H groups in total. The standard InChI is InChI=1S/C10H12BrClN2O2S/c11-7-5-9(10(12)13-6-7)14-8-1-3-17(15,16)4-2-8/h5-6,8,14H,1-4H2. The Morgan fingerprint density at radius 2 is 2.06 bits per heavy atom. The van der Waals surface area contributed by atoms with E-state index in [0.717, 1.165) is 10.2 Å². The van der Waals surface area contributed by atoms with Gasteiger partial charge in [0.2, 0.25) is 0 Å². The number of sulfone groups is 1. The Morgan fingerprint density at radius 3 is 2.71 bits per heavy atom. The minimum Gasteiger partial charge on any atom is -0.380 e. The van der Waals surface area contributed by atoms with Gasteiger partial charge in [0.25, 0.3) is 0 Å². The number of hydrogen-bond donors (Lipinski definition) is 1. The second kappa shape index (κ2) is 5.12. The van der Waals surface area contributed by atoms with Gasteiger partial charge in [-0.2, -0.15) is 0 Å². The van der Waals surface area contributed by atoms with Gasteiger partial charge < -0.3 is 5.32 Å². The monoisotopic (exact) mass is 338 g/mol. The minimum atomic E-state index is -2.82. The third-order valence-corrected chi connectivity index (χ3v) is 5.17. The molecule has 0 aromatic carbocycles. The molecule has 0 atom stereocenters. The van der Waals surface area contributed by atoms with Crippen LogP contribution in [0.5, 0.6) is 0 Å². The van der Waals surface area contributed by atoms with Crippen LogP contribution in [0.15, 0.2) is 16.7 Å². The van der Waals surface area contributed by atoms with Crippen molar-refractivity contribution in [3.05, 3.63) is 21.9 Å². The first-order chi connectivity index (χ1) is 7.96. The van der Waals surface area contributed by atoms with Gasteiger partial charge in [0.1, 0.15) is 9.84 Å². The Kier molecular flexibility index (Phi) is 3.95. The van der Waals surface area contributed by atoms with Crippen molar-refractivity contribution in [1.82, 2.24) is 4.98 Å².